The molecule has 1 unspecified atom stereocenters. The summed E-state index contributed by atoms with van der Waals surface area (Å²) in [7, 11) is 1.61. The van der Waals surface area contributed by atoms with Crippen LogP contribution in [0.2, 0.25) is 0 Å². The quantitative estimate of drug-likeness (QED) is 0.408. The lowest BCUT2D eigenvalue weighted by molar-refractivity contribution is 0.244. The zero-order chi connectivity index (χ0) is 22.9. The molecule has 0 aliphatic carbocycles. The Morgan fingerprint density at radius 2 is 1.82 bits per heavy atom. The number of thiophene rings is 1. The van der Waals surface area contributed by atoms with E-state index in [1.54, 1.807) is 23.3 Å². The number of urea groups is 1. The average molecular weight is 459 g/mol. The Hall–Kier alpha value is -3.91. The highest BCUT2D eigenvalue weighted by atomic mass is 32.1. The molecule has 2 aromatic heterocycles. The van der Waals surface area contributed by atoms with Gasteiger partial charge in [0, 0.05) is 5.70 Å². The highest BCUT2D eigenvalue weighted by Crippen LogP contribution is 2.39. The number of carbonyl (C=O) groups excluding carboxylic acids is 1. The van der Waals surface area contributed by atoms with Crippen LogP contribution >= 0.6 is 11.3 Å². The van der Waals surface area contributed by atoms with Gasteiger partial charge in [-0.15, -0.1) is 11.3 Å². The number of aromatic nitrogens is 2. The van der Waals surface area contributed by atoms with Crippen molar-refractivity contribution in [2.45, 2.75) is 19.9 Å². The summed E-state index contributed by atoms with van der Waals surface area (Å²) in [6.45, 7) is 3.93. The topological polar surface area (TPSA) is 80.5 Å². The lowest BCUT2D eigenvalue weighted by Gasteiger charge is -2.35. The third-order valence-corrected chi connectivity index (χ3v) is 6.49. The van der Waals surface area contributed by atoms with E-state index >= 15 is 0 Å². The fraction of sp³-hybridized carbons (Fsp3) is 0.160. The molecule has 2 aromatic carbocycles. The van der Waals surface area contributed by atoms with Crippen molar-refractivity contribution < 1.29 is 14.1 Å². The number of nitrogens with one attached hydrogen (secondary N) is 1. The molecule has 4 aromatic rings. The van der Waals surface area contributed by atoms with Gasteiger partial charge in [-0.2, -0.15) is 4.98 Å². The minimum atomic E-state index is -0.427. The second-order valence-corrected chi connectivity index (χ2v) is 8.67. The van der Waals surface area contributed by atoms with Crippen molar-refractivity contribution in [2.24, 2.45) is 0 Å². The van der Waals surface area contributed by atoms with E-state index in [4.69, 9.17) is 9.26 Å². The molecule has 0 saturated carbocycles. The predicted molar refractivity (Wildman–Crippen MR) is 128 cm³/mol. The molecular formula is C25H22N4O3S. The third-order valence-electron chi connectivity index (χ3n) is 5.62. The Bertz CT molecular complexity index is 1310. The van der Waals surface area contributed by atoms with Gasteiger partial charge in [0.05, 0.1) is 29.3 Å². The first-order valence-electron chi connectivity index (χ1n) is 10.4. The number of anilines is 1. The Morgan fingerprint density at radius 3 is 2.48 bits per heavy atom. The van der Waals surface area contributed by atoms with Gasteiger partial charge in [0.25, 0.3) is 5.89 Å². The molecule has 1 N–H and O–H groups in total. The molecule has 8 heteroatoms. The highest BCUT2D eigenvalue weighted by Gasteiger charge is 2.36. The lowest BCUT2D eigenvalue weighted by atomic mass is 9.94. The molecule has 0 radical (unpaired) electrons. The maximum Gasteiger partial charge on any atom is 0.326 e. The monoisotopic (exact) mass is 458 g/mol. The van der Waals surface area contributed by atoms with Crippen LogP contribution in [0, 0.1) is 6.92 Å². The number of hydrogen-bond donors (Lipinski definition) is 1. The summed E-state index contributed by atoms with van der Waals surface area (Å²) in [5, 5.41) is 9.29. The van der Waals surface area contributed by atoms with Gasteiger partial charge in [-0.3, -0.25) is 4.90 Å². The van der Waals surface area contributed by atoms with Gasteiger partial charge in [0.1, 0.15) is 5.75 Å². The second kappa shape index (κ2) is 8.55. The second-order valence-electron chi connectivity index (χ2n) is 7.73. The molecule has 5 rings (SSSR count). The van der Waals surface area contributed by atoms with Crippen LogP contribution in [-0.4, -0.2) is 23.3 Å². The Balaban J connectivity index is 1.64. The Kier molecular flexibility index (Phi) is 5.43. The molecule has 166 valence electrons. The van der Waals surface area contributed by atoms with Gasteiger partial charge >= 0.3 is 6.03 Å². The summed E-state index contributed by atoms with van der Waals surface area (Å²) in [4.78, 5) is 20.5. The van der Waals surface area contributed by atoms with Gasteiger partial charge in [-0.1, -0.05) is 41.1 Å². The van der Waals surface area contributed by atoms with Gasteiger partial charge in [0.15, 0.2) is 0 Å². The molecule has 7 nitrogen and oxygen atoms in total. The number of ether oxygens (including phenoxy) is 1. The zero-order valence-electron chi connectivity index (χ0n) is 18.4. The van der Waals surface area contributed by atoms with Crippen molar-refractivity contribution in [2.75, 3.05) is 12.0 Å². The van der Waals surface area contributed by atoms with Crippen LogP contribution in [-0.2, 0) is 0 Å². The van der Waals surface area contributed by atoms with Crippen LogP contribution in [0.3, 0.4) is 0 Å². The van der Waals surface area contributed by atoms with E-state index in [9.17, 15) is 4.79 Å². The van der Waals surface area contributed by atoms with E-state index in [0.717, 1.165) is 27.3 Å². The normalized spacial score (nSPS) is 16.2. The fourth-order valence-corrected chi connectivity index (χ4v) is 4.56. The number of carbonyl (C=O) groups is 1. The summed E-state index contributed by atoms with van der Waals surface area (Å²) in [5.74, 6) is 1.61. The molecular weight excluding hydrogens is 436 g/mol. The zero-order valence-corrected chi connectivity index (χ0v) is 19.2. The minimum absolute atomic E-state index is 0.231. The van der Waals surface area contributed by atoms with Crippen molar-refractivity contribution in [1.82, 2.24) is 15.5 Å². The molecule has 0 spiro atoms. The maximum atomic E-state index is 13.3. The number of nitrogens with zero attached hydrogens (tertiary/aromatic N) is 3. The average Bonchev–Trinajstić information content (AvgIpc) is 3.52. The number of rotatable bonds is 5. The van der Waals surface area contributed by atoms with E-state index in [0.29, 0.717) is 23.2 Å². The lowest BCUT2D eigenvalue weighted by Crippen LogP contribution is -2.46. The minimum Gasteiger partial charge on any atom is -0.497 e. The molecule has 2 amide bonds. The summed E-state index contributed by atoms with van der Waals surface area (Å²) in [5.41, 5.74) is 4.26. The van der Waals surface area contributed by atoms with Crippen LogP contribution in [0.25, 0.3) is 16.3 Å². The van der Waals surface area contributed by atoms with Crippen molar-refractivity contribution in [3.05, 3.63) is 88.8 Å². The summed E-state index contributed by atoms with van der Waals surface area (Å²) >= 11 is 1.54. The first kappa shape index (κ1) is 21.0. The van der Waals surface area contributed by atoms with Crippen molar-refractivity contribution in [1.29, 1.82) is 0 Å². The van der Waals surface area contributed by atoms with Crippen LogP contribution < -0.4 is 15.0 Å². The molecule has 0 fully saturated rings. The number of methoxy groups -OCH3 is 1. The fourth-order valence-electron chi connectivity index (χ4n) is 3.91. The smallest absolute Gasteiger partial charge is 0.326 e. The molecule has 1 aliphatic heterocycles. The molecule has 0 saturated heterocycles. The summed E-state index contributed by atoms with van der Waals surface area (Å²) in [6.07, 6.45) is 0. The first-order chi connectivity index (χ1) is 16.0. The summed E-state index contributed by atoms with van der Waals surface area (Å²) < 4.78 is 11.0. The van der Waals surface area contributed by atoms with Crippen LogP contribution in [0.15, 0.2) is 76.3 Å². The van der Waals surface area contributed by atoms with Gasteiger partial charge in [-0.05, 0) is 55.1 Å². The molecule has 33 heavy (non-hydrogen) atoms. The number of aryl methyl sites for hydroxylation is 1. The maximum absolute atomic E-state index is 13.3. The van der Waals surface area contributed by atoms with Crippen LogP contribution in [0.4, 0.5) is 10.5 Å². The van der Waals surface area contributed by atoms with Crippen molar-refractivity contribution in [3.63, 3.8) is 0 Å². The number of allylic oxidation sites excluding steroid dienone is 1. The van der Waals surface area contributed by atoms with E-state index in [1.165, 1.54) is 0 Å². The molecule has 3 heterocycles. The van der Waals surface area contributed by atoms with Crippen molar-refractivity contribution in [3.8, 4) is 16.5 Å². The standard InChI is InChI=1S/C25H22N4O3S/c1-15-6-8-17(9-7-15)22-21(24-27-23(28-32-24)20-5-4-14-33-20)16(2)29(25(30)26-22)18-10-12-19(31-3)13-11-18/h4-14,22H,1-3H3,(H,26,30). The van der Waals surface area contributed by atoms with Crippen LogP contribution in [0.1, 0.15) is 30.0 Å². The number of amides is 2. The Morgan fingerprint density at radius 1 is 1.06 bits per heavy atom. The Labute approximate surface area is 195 Å². The first-order valence-corrected chi connectivity index (χ1v) is 11.3. The van der Waals surface area contributed by atoms with E-state index in [1.807, 2.05) is 79.9 Å². The third kappa shape index (κ3) is 3.89. The summed E-state index contributed by atoms with van der Waals surface area (Å²) in [6, 6.07) is 18.6. The molecule has 0 bridgehead atoms. The van der Waals surface area contributed by atoms with E-state index in [-0.39, 0.29) is 6.03 Å². The van der Waals surface area contributed by atoms with Gasteiger partial charge in [-0.25, -0.2) is 4.79 Å². The van der Waals surface area contributed by atoms with Crippen LogP contribution in [0.5, 0.6) is 5.75 Å². The van der Waals surface area contributed by atoms with Gasteiger partial charge in [0.2, 0.25) is 5.82 Å². The number of hydrogen-bond acceptors (Lipinski definition) is 6. The van der Waals surface area contributed by atoms with Gasteiger partial charge < -0.3 is 14.6 Å². The molecule has 1 aliphatic rings. The largest absolute Gasteiger partial charge is 0.497 e. The van der Waals surface area contributed by atoms with E-state index < -0.39 is 6.04 Å². The molecule has 1 atom stereocenters. The SMILES string of the molecule is COc1ccc(N2C(=O)NC(c3ccc(C)cc3)C(c3nc(-c4cccs4)no3)=C2C)cc1. The van der Waals surface area contributed by atoms with Crippen molar-refractivity contribution >= 4 is 28.6 Å². The predicted octanol–water partition coefficient (Wildman–Crippen LogP) is 5.82. The van der Waals surface area contributed by atoms with E-state index in [2.05, 4.69) is 15.5 Å². The highest BCUT2D eigenvalue weighted by molar-refractivity contribution is 7.13. The number of benzene rings is 2.